The largest absolute Gasteiger partial charge is 0 e. The van der Waals surface area contributed by atoms with Gasteiger partial charge >= 0.3 is 50.9 Å². The molecule has 0 aliphatic heterocycles. The normalized spacial score (nSPS) is 6.73. The number of rotatable bonds is 1. The fraction of sp³-hybridized carbons (Fsp3) is 0.375. The van der Waals surface area contributed by atoms with Crippen LogP contribution in [0.3, 0.4) is 0 Å². The Morgan fingerprint density at radius 2 is 1.13 bits per heavy atom. The molecule has 3 N–H and O–H groups in total. The summed E-state index contributed by atoms with van der Waals surface area (Å²) in [6.45, 7) is 0. The number of halogens is 2. The van der Waals surface area contributed by atoms with E-state index in [4.69, 9.17) is 15.3 Å². The van der Waals surface area contributed by atoms with E-state index in [2.05, 4.69) is 0 Å². The summed E-state index contributed by atoms with van der Waals surface area (Å²) < 4.78 is 23.9. The maximum Gasteiger partial charge on any atom is 0 e. The van der Waals surface area contributed by atoms with E-state index < -0.39 is 15.3 Å². The van der Waals surface area contributed by atoms with E-state index >= 15 is 0 Å². The van der Waals surface area contributed by atoms with Gasteiger partial charge in [-0.3, -0.25) is 0 Å². The zero-order chi connectivity index (χ0) is 12.0. The Balaban J connectivity index is -0.0000000755. The van der Waals surface area contributed by atoms with Gasteiger partial charge in [-0.05, 0) is 0 Å². The van der Waals surface area contributed by atoms with Gasteiger partial charge in [-0.15, -0.1) is 0 Å². The quantitative estimate of drug-likeness (QED) is 0.403. The minimum Gasteiger partial charge on any atom is 0 e. The number of hydrogen-bond acceptors (Lipinski definition) is 3. The minimum atomic E-state index is -3.89. The van der Waals surface area contributed by atoms with Crippen LogP contribution in [0.25, 0.3) is 0 Å². The Hall–Kier alpha value is 0.503. The van der Waals surface area contributed by atoms with Crippen LogP contribution < -0.4 is 4.40 Å². The monoisotopic (exact) mass is 453 g/mol. The van der Waals surface area contributed by atoms with Crippen LogP contribution in [-0.4, -0.2) is 51.9 Å². The van der Waals surface area contributed by atoms with Crippen molar-refractivity contribution in [3.8, 4) is 0 Å². The topological polar surface area (TPSA) is 60.7 Å². The number of aliphatic hydroxyl groups is 3. The van der Waals surface area contributed by atoms with Crippen LogP contribution in [0.5, 0.6) is 0 Å². The predicted octanol–water partition coefficient (Wildman–Crippen LogP) is -0.405. The SMILES string of the molecule is CO.CO.CO.[F][GeH]([F])[c-]1cccc1.[Hf]. The molecule has 0 aliphatic rings. The molecule has 0 aromatic heterocycles. The summed E-state index contributed by atoms with van der Waals surface area (Å²) in [5.74, 6) is 0. The summed E-state index contributed by atoms with van der Waals surface area (Å²) in [6, 6.07) is 6.27. The molecule has 1 aromatic carbocycles. The second-order valence-corrected chi connectivity index (χ2v) is 4.18. The van der Waals surface area contributed by atoms with E-state index in [1.54, 1.807) is 12.1 Å². The Morgan fingerprint density at radius 3 is 1.27 bits per heavy atom. The van der Waals surface area contributed by atoms with Crippen molar-refractivity contribution in [3.63, 3.8) is 0 Å². The van der Waals surface area contributed by atoms with Crippen molar-refractivity contribution in [1.29, 1.82) is 0 Å². The van der Waals surface area contributed by atoms with Gasteiger partial charge in [-0.1, -0.05) is 0 Å². The van der Waals surface area contributed by atoms with E-state index in [1.807, 2.05) is 0 Å². The molecule has 0 unspecified atom stereocenters. The first-order valence-corrected chi connectivity index (χ1v) is 6.69. The van der Waals surface area contributed by atoms with Gasteiger partial charge < -0.3 is 15.3 Å². The van der Waals surface area contributed by atoms with Crippen LogP contribution in [0.4, 0.5) is 7.00 Å². The van der Waals surface area contributed by atoms with E-state index in [1.165, 1.54) is 12.1 Å². The van der Waals surface area contributed by atoms with Crippen LogP contribution in [0, 0.1) is 0 Å². The van der Waals surface area contributed by atoms with E-state index in [0.29, 0.717) is 0 Å². The Labute approximate surface area is 113 Å². The molecule has 3 nitrogen and oxygen atoms in total. The van der Waals surface area contributed by atoms with E-state index in [0.717, 1.165) is 21.3 Å². The van der Waals surface area contributed by atoms with Crippen LogP contribution in [0.15, 0.2) is 24.3 Å². The first kappa shape index (κ1) is 24.6. The fourth-order valence-corrected chi connectivity index (χ4v) is 1.61. The van der Waals surface area contributed by atoms with Gasteiger partial charge in [-0.2, -0.15) is 0 Å². The van der Waals surface area contributed by atoms with Crippen molar-refractivity contribution in [1.82, 2.24) is 0 Å². The van der Waals surface area contributed by atoms with Crippen molar-refractivity contribution < 1.29 is 48.2 Å². The van der Waals surface area contributed by atoms with E-state index in [9.17, 15) is 7.00 Å². The van der Waals surface area contributed by atoms with E-state index in [-0.39, 0.29) is 30.2 Å². The molecule has 0 fully saturated rings. The molecule has 0 spiro atoms. The first-order chi connectivity index (χ1) is 6.80. The van der Waals surface area contributed by atoms with Crippen molar-refractivity contribution >= 4 is 19.7 Å². The Kier molecular flexibility index (Phi) is 39.4. The summed E-state index contributed by atoms with van der Waals surface area (Å²) in [6.07, 6.45) is 0. The van der Waals surface area contributed by atoms with Crippen LogP contribution >= 0.6 is 0 Å². The predicted molar refractivity (Wildman–Crippen MR) is 55.5 cm³/mol. The molecule has 0 amide bonds. The first-order valence-electron chi connectivity index (χ1n) is 3.64. The summed E-state index contributed by atoms with van der Waals surface area (Å²) in [7, 11) is 3.00. The summed E-state index contributed by atoms with van der Waals surface area (Å²) in [5, 5.41) is 21.0. The number of hydrogen-bond donors (Lipinski definition) is 3. The molecule has 0 aliphatic carbocycles. The average Bonchev–Trinajstić information content (AvgIpc) is 2.80. The minimum absolute atomic E-state index is 0. The molecule has 0 heterocycles. The molecule has 0 bridgehead atoms. The third kappa shape index (κ3) is 17.1. The molecule has 0 saturated heterocycles. The average molecular weight is 450 g/mol. The van der Waals surface area contributed by atoms with Gasteiger partial charge in [0.05, 0.1) is 0 Å². The van der Waals surface area contributed by atoms with Crippen molar-refractivity contribution in [3.05, 3.63) is 24.3 Å². The Bertz CT molecular complexity index is 163. The smallest absolute Gasteiger partial charge is 0 e. The molecular weight excluding hydrogens is 433 g/mol. The zero-order valence-corrected chi connectivity index (χ0v) is 15.0. The zero-order valence-electron chi connectivity index (χ0n) is 8.98. The molecule has 15 heavy (non-hydrogen) atoms. The van der Waals surface area contributed by atoms with Gasteiger partial charge in [0.15, 0.2) is 0 Å². The summed E-state index contributed by atoms with van der Waals surface area (Å²) >= 11 is -3.89. The van der Waals surface area contributed by atoms with Gasteiger partial charge in [0.25, 0.3) is 0 Å². The van der Waals surface area contributed by atoms with Crippen LogP contribution in [0.1, 0.15) is 0 Å². The standard InChI is InChI=1S/C5H5F2Ge.3CH4O.Hf/c6-8(7)5-3-1-2-4-5;3*1-2;/h1-4,8H;3*2H,1H3;/q-1;;;;. The molecule has 90 valence electrons. The molecular formula is C8H17F2GeHfO3-. The van der Waals surface area contributed by atoms with Gasteiger partial charge in [0.2, 0.25) is 0 Å². The third-order valence-corrected chi connectivity index (χ3v) is 2.81. The fourth-order valence-electron chi connectivity index (χ4n) is 0.534. The molecule has 1 rings (SSSR count). The summed E-state index contributed by atoms with van der Waals surface area (Å²) in [5.41, 5.74) is 0. The second-order valence-electron chi connectivity index (χ2n) is 1.52. The Morgan fingerprint density at radius 1 is 0.867 bits per heavy atom. The molecule has 0 saturated carbocycles. The van der Waals surface area contributed by atoms with Crippen molar-refractivity contribution in [2.75, 3.05) is 21.3 Å². The third-order valence-electron chi connectivity index (χ3n) is 0.940. The van der Waals surface area contributed by atoms with Crippen molar-refractivity contribution in [2.45, 2.75) is 0 Å². The van der Waals surface area contributed by atoms with Gasteiger partial charge in [0, 0.05) is 47.2 Å². The summed E-state index contributed by atoms with van der Waals surface area (Å²) in [4.78, 5) is 0. The van der Waals surface area contributed by atoms with Crippen molar-refractivity contribution in [2.24, 2.45) is 0 Å². The maximum absolute atomic E-state index is 11.8. The van der Waals surface area contributed by atoms with Gasteiger partial charge in [0.1, 0.15) is 0 Å². The van der Waals surface area contributed by atoms with Crippen LogP contribution in [0.2, 0.25) is 0 Å². The number of aliphatic hydroxyl groups excluding tert-OH is 3. The molecule has 0 radical (unpaired) electrons. The molecule has 7 heteroatoms. The second kappa shape index (κ2) is 24.0. The molecule has 1 aromatic rings. The van der Waals surface area contributed by atoms with Crippen LogP contribution in [-0.2, 0) is 25.8 Å². The van der Waals surface area contributed by atoms with Gasteiger partial charge in [-0.25, -0.2) is 0 Å². The molecule has 0 atom stereocenters. The maximum atomic E-state index is 11.8.